The Morgan fingerprint density at radius 1 is 1.04 bits per heavy atom. The molecule has 0 saturated heterocycles. The van der Waals surface area contributed by atoms with Gasteiger partial charge in [-0.15, -0.1) is 0 Å². The van der Waals surface area contributed by atoms with Crippen molar-refractivity contribution in [2.75, 3.05) is 13.2 Å². The number of carboxylic acid groups (broad SMARTS) is 1. The average molecular weight is 353 g/mol. The molecule has 0 saturated carbocycles. The fraction of sp³-hybridized carbons (Fsp3) is 0.333. The number of rotatable bonds is 6. The van der Waals surface area contributed by atoms with Gasteiger partial charge in [-0.3, -0.25) is 4.79 Å². The maximum Gasteiger partial charge on any atom is 0.407 e. The number of carbonyl (C=O) groups excluding carboxylic acids is 1. The molecule has 1 aliphatic carbocycles. The molecule has 1 atom stereocenters. The molecule has 2 N–H and O–H groups in total. The van der Waals surface area contributed by atoms with Crippen LogP contribution in [0.15, 0.2) is 48.5 Å². The van der Waals surface area contributed by atoms with Gasteiger partial charge in [0, 0.05) is 12.5 Å². The van der Waals surface area contributed by atoms with Crippen molar-refractivity contribution in [1.82, 2.24) is 5.32 Å². The van der Waals surface area contributed by atoms with Gasteiger partial charge >= 0.3 is 12.1 Å². The van der Waals surface area contributed by atoms with Crippen LogP contribution in [-0.2, 0) is 9.53 Å². The fourth-order valence-corrected chi connectivity index (χ4v) is 3.45. The largest absolute Gasteiger partial charge is 0.481 e. The lowest BCUT2D eigenvalue weighted by atomic mass is 9.96. The molecule has 5 nitrogen and oxygen atoms in total. The van der Waals surface area contributed by atoms with E-state index in [1.165, 1.54) is 11.1 Å². The zero-order chi connectivity index (χ0) is 18.7. The number of carbonyl (C=O) groups is 2. The first-order valence-electron chi connectivity index (χ1n) is 8.80. The van der Waals surface area contributed by atoms with Crippen LogP contribution in [0.4, 0.5) is 4.79 Å². The second-order valence-corrected chi connectivity index (χ2v) is 6.90. The Labute approximate surface area is 153 Å². The normalized spacial score (nSPS) is 13.8. The number of benzene rings is 2. The molecule has 0 radical (unpaired) electrons. The van der Waals surface area contributed by atoms with Crippen LogP contribution in [0.1, 0.15) is 30.9 Å². The third-order valence-electron chi connectivity index (χ3n) is 4.93. The molecule has 0 aromatic heterocycles. The summed E-state index contributed by atoms with van der Waals surface area (Å²) in [5.41, 5.74) is 4.63. The van der Waals surface area contributed by atoms with Crippen LogP contribution in [0.5, 0.6) is 0 Å². The molecule has 3 rings (SSSR count). The first-order chi connectivity index (χ1) is 12.5. The Hall–Kier alpha value is -2.82. The molecule has 0 bridgehead atoms. The molecule has 0 unspecified atom stereocenters. The van der Waals surface area contributed by atoms with E-state index in [2.05, 4.69) is 29.6 Å². The molecule has 5 heteroatoms. The van der Waals surface area contributed by atoms with E-state index >= 15 is 0 Å². The first-order valence-corrected chi connectivity index (χ1v) is 8.80. The summed E-state index contributed by atoms with van der Waals surface area (Å²) < 4.78 is 5.41. The minimum absolute atomic E-state index is 0.00600. The molecule has 26 heavy (non-hydrogen) atoms. The number of hydrogen-bond acceptors (Lipinski definition) is 3. The second kappa shape index (κ2) is 7.60. The highest BCUT2D eigenvalue weighted by Gasteiger charge is 2.29. The lowest BCUT2D eigenvalue weighted by Crippen LogP contribution is -2.36. The van der Waals surface area contributed by atoms with Gasteiger partial charge in [-0.25, -0.2) is 4.79 Å². The lowest BCUT2D eigenvalue weighted by molar-refractivity contribution is -0.142. The number of ether oxygens (including phenoxy) is 1. The molecule has 2 aromatic rings. The Morgan fingerprint density at radius 2 is 1.58 bits per heavy atom. The zero-order valence-corrected chi connectivity index (χ0v) is 14.9. The van der Waals surface area contributed by atoms with E-state index in [0.29, 0.717) is 0 Å². The van der Waals surface area contributed by atoms with Gasteiger partial charge in [0.1, 0.15) is 6.61 Å². The van der Waals surface area contributed by atoms with Crippen molar-refractivity contribution in [1.29, 1.82) is 0 Å². The Morgan fingerprint density at radius 3 is 2.08 bits per heavy atom. The number of alkyl carbamates (subject to hydrolysis) is 1. The van der Waals surface area contributed by atoms with Crippen molar-refractivity contribution in [3.05, 3.63) is 59.7 Å². The standard InChI is InChI=1S/C21H23NO4/c1-13(2)18(20(23)24)11-22-21(25)26-12-19-16-9-5-3-7-14(16)15-8-4-6-10-17(15)19/h3-10,13,18-19H,11-12H2,1-2H3,(H,22,25)(H,23,24)/t18-/m1/s1. The van der Waals surface area contributed by atoms with Gasteiger partial charge < -0.3 is 15.2 Å². The van der Waals surface area contributed by atoms with Crippen molar-refractivity contribution in [2.24, 2.45) is 11.8 Å². The van der Waals surface area contributed by atoms with E-state index in [-0.39, 0.29) is 25.0 Å². The van der Waals surface area contributed by atoms with Gasteiger partial charge in [0.2, 0.25) is 0 Å². The highest BCUT2D eigenvalue weighted by atomic mass is 16.5. The van der Waals surface area contributed by atoms with Gasteiger partial charge in [0.05, 0.1) is 5.92 Å². The highest BCUT2D eigenvalue weighted by molar-refractivity contribution is 5.79. The Bertz CT molecular complexity index is 770. The van der Waals surface area contributed by atoms with E-state index in [1.54, 1.807) is 0 Å². The summed E-state index contributed by atoms with van der Waals surface area (Å²) in [5.74, 6) is -1.62. The maximum atomic E-state index is 12.0. The average Bonchev–Trinajstić information content (AvgIpc) is 2.93. The number of amides is 1. The van der Waals surface area contributed by atoms with Crippen LogP contribution in [0.25, 0.3) is 11.1 Å². The van der Waals surface area contributed by atoms with E-state index in [9.17, 15) is 14.7 Å². The predicted octanol–water partition coefficient (Wildman–Crippen LogP) is 3.88. The molecule has 0 fully saturated rings. The molecule has 0 aliphatic heterocycles. The number of aliphatic carboxylic acids is 1. The molecular formula is C21H23NO4. The van der Waals surface area contributed by atoms with Crippen molar-refractivity contribution in [3.63, 3.8) is 0 Å². The topological polar surface area (TPSA) is 75.6 Å². The minimum Gasteiger partial charge on any atom is -0.481 e. The van der Waals surface area contributed by atoms with Crippen molar-refractivity contribution in [3.8, 4) is 11.1 Å². The van der Waals surface area contributed by atoms with Gasteiger partial charge in [-0.1, -0.05) is 62.4 Å². The molecule has 1 aliphatic rings. The van der Waals surface area contributed by atoms with E-state index in [4.69, 9.17) is 4.74 Å². The van der Waals surface area contributed by atoms with Gasteiger partial charge in [-0.2, -0.15) is 0 Å². The van der Waals surface area contributed by atoms with E-state index in [0.717, 1.165) is 11.1 Å². The molecule has 0 spiro atoms. The van der Waals surface area contributed by atoms with Gasteiger partial charge in [0.15, 0.2) is 0 Å². The lowest BCUT2D eigenvalue weighted by Gasteiger charge is -2.18. The zero-order valence-electron chi connectivity index (χ0n) is 14.9. The van der Waals surface area contributed by atoms with Crippen LogP contribution < -0.4 is 5.32 Å². The summed E-state index contributed by atoms with van der Waals surface area (Å²) in [4.78, 5) is 23.3. The van der Waals surface area contributed by atoms with Crippen molar-refractivity contribution >= 4 is 12.1 Å². The Balaban J connectivity index is 1.65. The summed E-state index contributed by atoms with van der Waals surface area (Å²) in [6.07, 6.45) is -0.584. The van der Waals surface area contributed by atoms with Crippen LogP contribution in [0.2, 0.25) is 0 Å². The predicted molar refractivity (Wildman–Crippen MR) is 99.0 cm³/mol. The Kier molecular flexibility index (Phi) is 5.26. The number of carboxylic acids is 1. The highest BCUT2D eigenvalue weighted by Crippen LogP contribution is 2.44. The third-order valence-corrected chi connectivity index (χ3v) is 4.93. The summed E-state index contributed by atoms with van der Waals surface area (Å²) in [6, 6.07) is 16.2. The second-order valence-electron chi connectivity index (χ2n) is 6.90. The number of fused-ring (bicyclic) bond motifs is 3. The summed E-state index contributed by atoms with van der Waals surface area (Å²) in [5, 5.41) is 11.8. The van der Waals surface area contributed by atoms with Crippen LogP contribution in [0, 0.1) is 11.8 Å². The summed E-state index contributed by atoms with van der Waals surface area (Å²) in [6.45, 7) is 3.92. The van der Waals surface area contributed by atoms with Crippen molar-refractivity contribution < 1.29 is 19.4 Å². The maximum absolute atomic E-state index is 12.0. The molecule has 2 aromatic carbocycles. The molecule has 0 heterocycles. The molecular weight excluding hydrogens is 330 g/mol. The summed E-state index contributed by atoms with van der Waals surface area (Å²) in [7, 11) is 0. The van der Waals surface area contributed by atoms with E-state index < -0.39 is 18.0 Å². The first kappa shape index (κ1) is 18.0. The smallest absolute Gasteiger partial charge is 0.407 e. The number of nitrogens with one attached hydrogen (secondary N) is 1. The van der Waals surface area contributed by atoms with E-state index in [1.807, 2.05) is 38.1 Å². The van der Waals surface area contributed by atoms with Crippen LogP contribution in [0.3, 0.4) is 0 Å². The van der Waals surface area contributed by atoms with Gasteiger partial charge in [-0.05, 0) is 28.2 Å². The quantitative estimate of drug-likeness (QED) is 0.826. The monoisotopic (exact) mass is 353 g/mol. The van der Waals surface area contributed by atoms with Crippen LogP contribution >= 0.6 is 0 Å². The fourth-order valence-electron chi connectivity index (χ4n) is 3.45. The molecule has 136 valence electrons. The third kappa shape index (κ3) is 3.57. The molecule has 1 amide bonds. The van der Waals surface area contributed by atoms with Crippen molar-refractivity contribution in [2.45, 2.75) is 19.8 Å². The summed E-state index contributed by atoms with van der Waals surface area (Å²) >= 11 is 0. The number of hydrogen-bond donors (Lipinski definition) is 2. The SMILES string of the molecule is CC(C)[C@@H](CNC(=O)OCC1c2ccccc2-c2ccccc21)C(=O)O. The minimum atomic E-state index is -0.918. The van der Waals surface area contributed by atoms with Crippen LogP contribution in [-0.4, -0.2) is 30.3 Å². The van der Waals surface area contributed by atoms with Gasteiger partial charge in [0.25, 0.3) is 0 Å².